The van der Waals surface area contributed by atoms with Crippen molar-refractivity contribution in [1.82, 2.24) is 9.55 Å². The molecule has 1 atom stereocenters. The lowest BCUT2D eigenvalue weighted by atomic mass is 10.1. The van der Waals surface area contributed by atoms with Crippen LogP contribution in [0, 0.1) is 0 Å². The van der Waals surface area contributed by atoms with Crippen LogP contribution in [0.25, 0.3) is 11.0 Å². The average Bonchev–Trinajstić information content (AvgIpc) is 2.91. The fraction of sp³-hybridized carbons (Fsp3) is 0.222. The summed E-state index contributed by atoms with van der Waals surface area (Å²) in [4.78, 5) is 17.2. The van der Waals surface area contributed by atoms with Crippen LogP contribution < -0.4 is 0 Å². The predicted molar refractivity (Wildman–Crippen MR) is 96.5 cm³/mol. The van der Waals surface area contributed by atoms with Gasteiger partial charge in [0.05, 0.1) is 16.3 Å². The molecule has 0 amide bonds. The number of hydrogen-bond donors (Lipinski definition) is 0. The van der Waals surface area contributed by atoms with Crippen molar-refractivity contribution in [1.29, 1.82) is 0 Å². The molecule has 0 unspecified atom stereocenters. The molecule has 0 saturated heterocycles. The van der Waals surface area contributed by atoms with E-state index in [2.05, 4.69) is 22.5 Å². The number of aryl methyl sites for hydroxylation is 1. The van der Waals surface area contributed by atoms with Gasteiger partial charge in [-0.05, 0) is 50.2 Å². The van der Waals surface area contributed by atoms with Crippen molar-refractivity contribution < 1.29 is 4.79 Å². The topological polar surface area (TPSA) is 34.9 Å². The lowest BCUT2D eigenvalue weighted by Crippen LogP contribution is -2.14. The molecule has 0 bridgehead atoms. The van der Waals surface area contributed by atoms with Gasteiger partial charge in [0.25, 0.3) is 0 Å². The Hall–Kier alpha value is -1.78. The van der Waals surface area contributed by atoms with Crippen molar-refractivity contribution in [2.75, 3.05) is 0 Å². The first-order valence-electron chi connectivity index (χ1n) is 7.52. The zero-order valence-electron chi connectivity index (χ0n) is 13.0. The summed E-state index contributed by atoms with van der Waals surface area (Å²) < 4.78 is 2.14. The first-order chi connectivity index (χ1) is 11.1. The Morgan fingerprint density at radius 3 is 2.61 bits per heavy atom. The van der Waals surface area contributed by atoms with E-state index in [1.807, 2.05) is 25.1 Å². The Bertz CT molecular complexity index is 842. The van der Waals surface area contributed by atoms with Gasteiger partial charge in [0.2, 0.25) is 0 Å². The number of nitrogens with zero attached hydrogens (tertiary/aromatic N) is 2. The summed E-state index contributed by atoms with van der Waals surface area (Å²) in [6.07, 6.45) is 0. The standard InChI is InChI=1S/C18H17ClN2OS/c1-3-21-16-7-5-4-6-15(16)20-18(21)23-12(2)17(22)13-8-10-14(19)11-9-13/h4-12H,3H2,1-2H3/t12-/m0/s1. The predicted octanol–water partition coefficient (Wildman–Crippen LogP) is 5.07. The van der Waals surface area contributed by atoms with Crippen molar-refractivity contribution in [2.45, 2.75) is 30.8 Å². The lowest BCUT2D eigenvalue weighted by molar-refractivity contribution is 0.0994. The average molecular weight is 345 g/mol. The fourth-order valence-electron chi connectivity index (χ4n) is 2.51. The minimum absolute atomic E-state index is 0.0846. The maximum absolute atomic E-state index is 12.6. The Balaban J connectivity index is 1.86. The second-order valence-electron chi connectivity index (χ2n) is 5.26. The molecule has 23 heavy (non-hydrogen) atoms. The van der Waals surface area contributed by atoms with E-state index >= 15 is 0 Å². The number of carbonyl (C=O) groups is 1. The Morgan fingerprint density at radius 1 is 1.22 bits per heavy atom. The molecule has 1 heterocycles. The smallest absolute Gasteiger partial charge is 0.175 e. The number of rotatable bonds is 5. The molecular formula is C18H17ClN2OS. The van der Waals surface area contributed by atoms with Crippen molar-refractivity contribution >= 4 is 40.2 Å². The van der Waals surface area contributed by atoms with Crippen LogP contribution >= 0.6 is 23.4 Å². The molecule has 118 valence electrons. The summed E-state index contributed by atoms with van der Waals surface area (Å²) in [6.45, 7) is 4.83. The van der Waals surface area contributed by atoms with Gasteiger partial charge in [-0.3, -0.25) is 4.79 Å². The lowest BCUT2D eigenvalue weighted by Gasteiger charge is -2.11. The molecule has 0 radical (unpaired) electrons. The third-order valence-corrected chi connectivity index (χ3v) is 5.06. The van der Waals surface area contributed by atoms with E-state index in [-0.39, 0.29) is 11.0 Å². The second-order valence-corrected chi connectivity index (χ2v) is 7.00. The van der Waals surface area contributed by atoms with Crippen LogP contribution in [0.3, 0.4) is 0 Å². The normalized spacial score (nSPS) is 12.5. The summed E-state index contributed by atoms with van der Waals surface area (Å²) in [6, 6.07) is 15.1. The largest absolute Gasteiger partial charge is 0.319 e. The molecule has 0 N–H and O–H groups in total. The van der Waals surface area contributed by atoms with Crippen molar-refractivity contribution in [3.8, 4) is 0 Å². The van der Waals surface area contributed by atoms with Crippen LogP contribution in [0.1, 0.15) is 24.2 Å². The molecule has 3 aromatic rings. The molecule has 3 rings (SSSR count). The molecule has 0 saturated carbocycles. The van der Waals surface area contributed by atoms with E-state index in [0.717, 1.165) is 22.7 Å². The first kappa shape index (κ1) is 16.1. The number of para-hydroxylation sites is 2. The Morgan fingerprint density at radius 2 is 1.91 bits per heavy atom. The number of carbonyl (C=O) groups excluding carboxylic acids is 1. The van der Waals surface area contributed by atoms with Crippen molar-refractivity contribution in [3.05, 3.63) is 59.1 Å². The molecule has 3 nitrogen and oxygen atoms in total. The molecule has 0 aliphatic carbocycles. The highest BCUT2D eigenvalue weighted by Gasteiger charge is 2.20. The highest BCUT2D eigenvalue weighted by atomic mass is 35.5. The van der Waals surface area contributed by atoms with Gasteiger partial charge in [-0.15, -0.1) is 0 Å². The Kier molecular flexibility index (Phi) is 4.74. The molecule has 0 fully saturated rings. The molecule has 2 aromatic carbocycles. The van der Waals surface area contributed by atoms with Gasteiger partial charge in [-0.2, -0.15) is 0 Å². The van der Waals surface area contributed by atoms with Crippen LogP contribution in [0.5, 0.6) is 0 Å². The van der Waals surface area contributed by atoms with Gasteiger partial charge < -0.3 is 4.57 Å². The number of imidazole rings is 1. The van der Waals surface area contributed by atoms with E-state index < -0.39 is 0 Å². The summed E-state index contributed by atoms with van der Waals surface area (Å²) >= 11 is 7.38. The highest BCUT2D eigenvalue weighted by molar-refractivity contribution is 8.00. The van der Waals surface area contributed by atoms with Crippen LogP contribution in [0.4, 0.5) is 0 Å². The minimum Gasteiger partial charge on any atom is -0.319 e. The van der Waals surface area contributed by atoms with Gasteiger partial charge in [-0.1, -0.05) is 35.5 Å². The number of halogens is 1. The van der Waals surface area contributed by atoms with Crippen LogP contribution in [-0.2, 0) is 6.54 Å². The monoisotopic (exact) mass is 344 g/mol. The molecule has 0 aliphatic rings. The second kappa shape index (κ2) is 6.77. The maximum Gasteiger partial charge on any atom is 0.175 e. The molecule has 0 spiro atoms. The molecule has 5 heteroatoms. The first-order valence-corrected chi connectivity index (χ1v) is 8.77. The number of fused-ring (bicyclic) bond motifs is 1. The molecular weight excluding hydrogens is 328 g/mol. The highest BCUT2D eigenvalue weighted by Crippen LogP contribution is 2.29. The third kappa shape index (κ3) is 3.28. The van der Waals surface area contributed by atoms with E-state index in [0.29, 0.717) is 10.6 Å². The molecule has 0 aliphatic heterocycles. The Labute approximate surface area is 144 Å². The van der Waals surface area contributed by atoms with Crippen LogP contribution in [0.2, 0.25) is 5.02 Å². The number of Topliss-reactive ketones (excluding diaryl/α,β-unsaturated/α-hetero) is 1. The third-order valence-electron chi connectivity index (χ3n) is 3.72. The quantitative estimate of drug-likeness (QED) is 0.478. The zero-order chi connectivity index (χ0) is 16.4. The van der Waals surface area contributed by atoms with E-state index in [1.54, 1.807) is 24.3 Å². The van der Waals surface area contributed by atoms with Crippen LogP contribution in [-0.4, -0.2) is 20.6 Å². The summed E-state index contributed by atoms with van der Waals surface area (Å²) in [5, 5.41) is 1.30. The van der Waals surface area contributed by atoms with Gasteiger partial charge in [0.1, 0.15) is 0 Å². The zero-order valence-corrected chi connectivity index (χ0v) is 14.6. The SMILES string of the molecule is CCn1c(S[C@@H](C)C(=O)c2ccc(Cl)cc2)nc2ccccc21. The fourth-order valence-corrected chi connectivity index (χ4v) is 3.70. The van der Waals surface area contributed by atoms with Crippen molar-refractivity contribution in [2.24, 2.45) is 0 Å². The van der Waals surface area contributed by atoms with E-state index in [1.165, 1.54) is 11.8 Å². The number of benzene rings is 2. The molecule has 1 aromatic heterocycles. The number of hydrogen-bond acceptors (Lipinski definition) is 3. The van der Waals surface area contributed by atoms with E-state index in [4.69, 9.17) is 11.6 Å². The van der Waals surface area contributed by atoms with Crippen molar-refractivity contribution in [3.63, 3.8) is 0 Å². The summed E-state index contributed by atoms with van der Waals surface area (Å²) in [7, 11) is 0. The van der Waals surface area contributed by atoms with Gasteiger partial charge in [0.15, 0.2) is 10.9 Å². The van der Waals surface area contributed by atoms with Gasteiger partial charge in [-0.25, -0.2) is 4.98 Å². The van der Waals surface area contributed by atoms with Crippen LogP contribution in [0.15, 0.2) is 53.7 Å². The minimum atomic E-state index is -0.210. The summed E-state index contributed by atoms with van der Waals surface area (Å²) in [5.74, 6) is 0.0846. The van der Waals surface area contributed by atoms with Gasteiger partial charge >= 0.3 is 0 Å². The van der Waals surface area contributed by atoms with E-state index in [9.17, 15) is 4.79 Å². The summed E-state index contributed by atoms with van der Waals surface area (Å²) in [5.41, 5.74) is 2.74. The number of ketones is 1. The maximum atomic E-state index is 12.6. The van der Waals surface area contributed by atoms with Gasteiger partial charge in [0, 0.05) is 17.1 Å². The number of thioether (sulfide) groups is 1. The number of aromatic nitrogens is 2.